The Bertz CT molecular complexity index is 458. The molecule has 2 nitrogen and oxygen atoms in total. The van der Waals surface area contributed by atoms with Crippen molar-refractivity contribution >= 4 is 5.78 Å². The van der Waals surface area contributed by atoms with Gasteiger partial charge < -0.3 is 5.11 Å². The van der Waals surface area contributed by atoms with Crippen LogP contribution >= 0.6 is 0 Å². The average molecular weight is 290 g/mol. The first-order valence-corrected chi connectivity index (χ1v) is 9.12. The lowest BCUT2D eigenvalue weighted by Crippen LogP contribution is -2.53. The number of carbonyl (C=O) groups excluding carboxylic acids is 1. The molecule has 21 heavy (non-hydrogen) atoms. The fraction of sp³-hybridized carbons (Fsp3) is 0.947. The molecule has 0 unspecified atom stereocenters. The number of aliphatic hydroxyl groups excluding tert-OH is 1. The standard InChI is InChI=1S/C19H30O2/c1-18-7-6-16-15(17(18)10-14(21)11-18)4-3-12-9-13(20)5-8-19(12,16)2/h12-13,15-17,20H,3-11H2,1-2H3/t12-,13-,15-,16+,17+,18-,19+/m0/s1. The molecule has 118 valence electrons. The highest BCUT2D eigenvalue weighted by atomic mass is 16.3. The molecule has 0 spiro atoms. The molecule has 0 amide bonds. The summed E-state index contributed by atoms with van der Waals surface area (Å²) in [7, 11) is 0. The zero-order valence-corrected chi connectivity index (χ0v) is 13.6. The number of hydrogen-bond acceptors (Lipinski definition) is 2. The first kappa shape index (κ1) is 14.2. The summed E-state index contributed by atoms with van der Waals surface area (Å²) in [5.74, 6) is 3.51. The Morgan fingerprint density at radius 2 is 1.86 bits per heavy atom. The van der Waals surface area contributed by atoms with Crippen LogP contribution in [0.4, 0.5) is 0 Å². The fourth-order valence-corrected chi connectivity index (χ4v) is 7.01. The lowest BCUT2D eigenvalue weighted by atomic mass is 9.45. The molecule has 0 bridgehead atoms. The van der Waals surface area contributed by atoms with Crippen molar-refractivity contribution < 1.29 is 9.90 Å². The summed E-state index contributed by atoms with van der Waals surface area (Å²) in [5.41, 5.74) is 0.755. The minimum Gasteiger partial charge on any atom is -0.393 e. The average Bonchev–Trinajstić information content (AvgIpc) is 2.74. The van der Waals surface area contributed by atoms with Crippen LogP contribution in [0.2, 0.25) is 0 Å². The molecule has 0 aliphatic heterocycles. The van der Waals surface area contributed by atoms with E-state index in [2.05, 4.69) is 13.8 Å². The normalized spacial score (nSPS) is 56.5. The fourth-order valence-electron chi connectivity index (χ4n) is 7.01. The maximum absolute atomic E-state index is 12.1. The highest BCUT2D eigenvalue weighted by Gasteiger charge is 2.59. The molecule has 1 N–H and O–H groups in total. The van der Waals surface area contributed by atoms with Crippen LogP contribution in [0, 0.1) is 34.5 Å². The second kappa shape index (κ2) is 4.57. The van der Waals surface area contributed by atoms with Gasteiger partial charge in [-0.25, -0.2) is 0 Å². The van der Waals surface area contributed by atoms with Crippen LogP contribution < -0.4 is 0 Å². The van der Waals surface area contributed by atoms with Gasteiger partial charge in [0.2, 0.25) is 0 Å². The number of Topliss-reactive ketones (excluding diaryl/α,β-unsaturated/α-hetero) is 1. The number of aliphatic hydroxyl groups is 1. The molecule has 0 heterocycles. The highest BCUT2D eigenvalue weighted by molar-refractivity contribution is 5.82. The molecule has 4 rings (SSSR count). The predicted molar refractivity (Wildman–Crippen MR) is 82.7 cm³/mol. The highest BCUT2D eigenvalue weighted by Crippen LogP contribution is 2.65. The van der Waals surface area contributed by atoms with Gasteiger partial charge >= 0.3 is 0 Å². The topological polar surface area (TPSA) is 37.3 Å². The first-order chi connectivity index (χ1) is 9.92. The third-order valence-electron chi connectivity index (χ3n) is 8.20. The van der Waals surface area contributed by atoms with Crippen molar-refractivity contribution in [1.29, 1.82) is 0 Å². The van der Waals surface area contributed by atoms with Gasteiger partial charge in [0.25, 0.3) is 0 Å². The third kappa shape index (κ3) is 1.97. The molecule has 4 fully saturated rings. The number of hydrogen-bond donors (Lipinski definition) is 1. The maximum Gasteiger partial charge on any atom is 0.133 e. The molecule has 0 radical (unpaired) electrons. The van der Waals surface area contributed by atoms with Gasteiger partial charge in [-0.05, 0) is 79.4 Å². The van der Waals surface area contributed by atoms with Gasteiger partial charge in [-0.15, -0.1) is 0 Å². The Labute approximate surface area is 128 Å². The van der Waals surface area contributed by atoms with E-state index in [1.54, 1.807) is 0 Å². The van der Waals surface area contributed by atoms with Crippen molar-refractivity contribution in [2.75, 3.05) is 0 Å². The van der Waals surface area contributed by atoms with Gasteiger partial charge in [0.05, 0.1) is 6.10 Å². The van der Waals surface area contributed by atoms with Crippen molar-refractivity contribution in [2.24, 2.45) is 34.5 Å². The molecular weight excluding hydrogens is 260 g/mol. The molecule has 4 aliphatic carbocycles. The lowest BCUT2D eigenvalue weighted by Gasteiger charge is -2.60. The second-order valence-electron chi connectivity index (χ2n) is 9.20. The molecule has 0 aromatic rings. The molecule has 4 aliphatic rings. The van der Waals surface area contributed by atoms with Crippen molar-refractivity contribution in [3.05, 3.63) is 0 Å². The van der Waals surface area contributed by atoms with E-state index in [-0.39, 0.29) is 6.10 Å². The van der Waals surface area contributed by atoms with E-state index in [1.165, 1.54) is 32.1 Å². The Kier molecular flexibility index (Phi) is 3.10. The molecule has 0 saturated heterocycles. The number of carbonyl (C=O) groups is 1. The van der Waals surface area contributed by atoms with Gasteiger partial charge in [0.1, 0.15) is 5.78 Å². The van der Waals surface area contributed by atoms with Gasteiger partial charge in [-0.3, -0.25) is 4.79 Å². The van der Waals surface area contributed by atoms with Gasteiger partial charge in [-0.2, -0.15) is 0 Å². The van der Waals surface area contributed by atoms with E-state index in [0.717, 1.165) is 43.4 Å². The zero-order chi connectivity index (χ0) is 14.8. The van der Waals surface area contributed by atoms with Crippen LogP contribution in [0.3, 0.4) is 0 Å². The largest absolute Gasteiger partial charge is 0.393 e. The summed E-state index contributed by atoms with van der Waals surface area (Å²) >= 11 is 0. The lowest BCUT2D eigenvalue weighted by molar-refractivity contribution is -0.121. The van der Waals surface area contributed by atoms with E-state index < -0.39 is 0 Å². The van der Waals surface area contributed by atoms with Crippen molar-refractivity contribution in [1.82, 2.24) is 0 Å². The maximum atomic E-state index is 12.1. The second-order valence-corrected chi connectivity index (χ2v) is 9.20. The van der Waals surface area contributed by atoms with Gasteiger partial charge in [0, 0.05) is 12.8 Å². The monoisotopic (exact) mass is 290 g/mol. The molecular formula is C19H30O2. The van der Waals surface area contributed by atoms with Crippen molar-refractivity contribution in [3.63, 3.8) is 0 Å². The molecule has 2 heteroatoms. The Morgan fingerprint density at radius 1 is 1.05 bits per heavy atom. The van der Waals surface area contributed by atoms with Gasteiger partial charge in [-0.1, -0.05) is 13.8 Å². The van der Waals surface area contributed by atoms with Gasteiger partial charge in [0.15, 0.2) is 0 Å². The molecule has 0 aromatic carbocycles. The van der Waals surface area contributed by atoms with Crippen LogP contribution in [-0.2, 0) is 4.79 Å². The Morgan fingerprint density at radius 3 is 2.67 bits per heavy atom. The van der Waals surface area contributed by atoms with Crippen LogP contribution in [-0.4, -0.2) is 17.0 Å². The van der Waals surface area contributed by atoms with E-state index in [9.17, 15) is 9.90 Å². The zero-order valence-electron chi connectivity index (χ0n) is 13.6. The summed E-state index contributed by atoms with van der Waals surface area (Å²) in [6, 6.07) is 0. The summed E-state index contributed by atoms with van der Waals surface area (Å²) in [5, 5.41) is 10.0. The predicted octanol–water partition coefficient (Wildman–Crippen LogP) is 3.96. The first-order valence-electron chi connectivity index (χ1n) is 9.12. The minimum absolute atomic E-state index is 0.0541. The van der Waals surface area contributed by atoms with Crippen LogP contribution in [0.1, 0.15) is 71.6 Å². The summed E-state index contributed by atoms with van der Waals surface area (Å²) in [6.45, 7) is 4.90. The number of fused-ring (bicyclic) bond motifs is 5. The van der Waals surface area contributed by atoms with Crippen LogP contribution in [0.15, 0.2) is 0 Å². The smallest absolute Gasteiger partial charge is 0.133 e. The molecule has 7 atom stereocenters. The number of ketones is 1. The Hall–Kier alpha value is -0.370. The van der Waals surface area contributed by atoms with E-state index in [0.29, 0.717) is 22.5 Å². The summed E-state index contributed by atoms with van der Waals surface area (Å²) in [4.78, 5) is 12.1. The minimum atomic E-state index is -0.0541. The van der Waals surface area contributed by atoms with Crippen molar-refractivity contribution in [3.8, 4) is 0 Å². The Balaban J connectivity index is 1.63. The van der Waals surface area contributed by atoms with Crippen LogP contribution in [0.5, 0.6) is 0 Å². The SMILES string of the molecule is C[C@@]12CC[C@@H]3[C@H](CC[C@H]4C[C@@H](O)CC[C@]43C)[C@H]1CC(=O)C2. The summed E-state index contributed by atoms with van der Waals surface area (Å²) < 4.78 is 0. The number of rotatable bonds is 0. The molecule has 4 saturated carbocycles. The van der Waals surface area contributed by atoms with E-state index in [4.69, 9.17) is 0 Å². The molecule has 0 aromatic heterocycles. The summed E-state index contributed by atoms with van der Waals surface area (Å²) in [6.07, 6.45) is 10.1. The third-order valence-corrected chi connectivity index (χ3v) is 8.20. The quantitative estimate of drug-likeness (QED) is 0.733. The van der Waals surface area contributed by atoms with E-state index in [1.807, 2.05) is 0 Å². The van der Waals surface area contributed by atoms with Crippen LogP contribution in [0.25, 0.3) is 0 Å². The van der Waals surface area contributed by atoms with Crippen molar-refractivity contribution in [2.45, 2.75) is 77.7 Å². The van der Waals surface area contributed by atoms with E-state index >= 15 is 0 Å².